The first-order chi connectivity index (χ1) is 7.15. The van der Waals surface area contributed by atoms with E-state index in [0.717, 1.165) is 11.3 Å². The van der Waals surface area contributed by atoms with Crippen LogP contribution in [-0.4, -0.2) is 4.98 Å². The average molecular weight is 242 g/mol. The summed E-state index contributed by atoms with van der Waals surface area (Å²) in [7, 11) is 0. The Morgan fingerprint density at radius 3 is 2.73 bits per heavy atom. The van der Waals surface area contributed by atoms with Crippen LogP contribution in [0.25, 0.3) is 0 Å². The molecule has 0 spiro atoms. The largest absolute Gasteiger partial charge is 0.448 e. The lowest BCUT2D eigenvalue weighted by atomic mass is 10.1. The van der Waals surface area contributed by atoms with E-state index in [0.29, 0.717) is 22.4 Å². The minimum Gasteiger partial charge on any atom is -0.448 e. The molecule has 1 aromatic heterocycles. The molecule has 0 unspecified atom stereocenters. The van der Waals surface area contributed by atoms with Crippen LogP contribution in [0.2, 0.25) is 10.0 Å². The third kappa shape index (κ3) is 2.52. The van der Waals surface area contributed by atoms with Crippen molar-refractivity contribution in [2.75, 3.05) is 0 Å². The van der Waals surface area contributed by atoms with E-state index in [4.69, 9.17) is 27.6 Å². The second kappa shape index (κ2) is 4.25. The van der Waals surface area contributed by atoms with Gasteiger partial charge in [0.25, 0.3) is 0 Å². The summed E-state index contributed by atoms with van der Waals surface area (Å²) in [4.78, 5) is 4.21. The van der Waals surface area contributed by atoms with Gasteiger partial charge in [0.1, 0.15) is 6.26 Å². The third-order valence-electron chi connectivity index (χ3n) is 2.02. The lowest BCUT2D eigenvalue weighted by Gasteiger charge is -2.01. The van der Waals surface area contributed by atoms with Gasteiger partial charge in [0, 0.05) is 10.0 Å². The summed E-state index contributed by atoms with van der Waals surface area (Å²) in [5.74, 6) is 0.664. The van der Waals surface area contributed by atoms with Crippen molar-refractivity contribution in [2.45, 2.75) is 13.3 Å². The lowest BCUT2D eigenvalue weighted by Crippen LogP contribution is -1.89. The highest BCUT2D eigenvalue weighted by Gasteiger charge is 2.06. The van der Waals surface area contributed by atoms with Crippen LogP contribution in [0.15, 0.2) is 28.9 Å². The smallest absolute Gasteiger partial charge is 0.198 e. The van der Waals surface area contributed by atoms with Crippen molar-refractivity contribution in [1.29, 1.82) is 0 Å². The molecular weight excluding hydrogens is 233 g/mol. The maximum atomic E-state index is 6.03. The van der Waals surface area contributed by atoms with Crippen molar-refractivity contribution in [1.82, 2.24) is 4.98 Å². The Bertz CT molecular complexity index is 479. The van der Waals surface area contributed by atoms with Gasteiger partial charge in [0.05, 0.1) is 12.1 Å². The quantitative estimate of drug-likeness (QED) is 0.798. The van der Waals surface area contributed by atoms with Crippen LogP contribution < -0.4 is 0 Å². The molecule has 0 fully saturated rings. The minimum absolute atomic E-state index is 0.587. The van der Waals surface area contributed by atoms with Crippen molar-refractivity contribution < 1.29 is 4.42 Å². The number of rotatable bonds is 2. The molecule has 1 heterocycles. The van der Waals surface area contributed by atoms with Crippen molar-refractivity contribution >= 4 is 23.2 Å². The molecule has 15 heavy (non-hydrogen) atoms. The number of hydrogen-bond donors (Lipinski definition) is 0. The van der Waals surface area contributed by atoms with Gasteiger partial charge >= 0.3 is 0 Å². The number of hydrogen-bond acceptors (Lipinski definition) is 2. The lowest BCUT2D eigenvalue weighted by molar-refractivity contribution is 0.506. The second-order valence-corrected chi connectivity index (χ2v) is 4.14. The van der Waals surface area contributed by atoms with E-state index in [9.17, 15) is 0 Å². The fraction of sp³-hybridized carbons (Fsp3) is 0.182. The van der Waals surface area contributed by atoms with Gasteiger partial charge in [-0.2, -0.15) is 0 Å². The molecule has 0 saturated carbocycles. The SMILES string of the molecule is Cc1coc(Cc2ccc(Cl)cc2Cl)n1. The van der Waals surface area contributed by atoms with Crippen molar-refractivity contribution in [3.05, 3.63) is 51.7 Å². The summed E-state index contributed by atoms with van der Waals surface area (Å²) in [6, 6.07) is 5.40. The summed E-state index contributed by atoms with van der Waals surface area (Å²) < 4.78 is 5.25. The van der Waals surface area contributed by atoms with Crippen LogP contribution in [0, 0.1) is 6.92 Å². The molecule has 78 valence electrons. The normalized spacial score (nSPS) is 10.6. The number of nitrogens with zero attached hydrogens (tertiary/aromatic N) is 1. The molecule has 0 atom stereocenters. The summed E-state index contributed by atoms with van der Waals surface area (Å²) in [6.07, 6.45) is 2.21. The van der Waals surface area contributed by atoms with Gasteiger partial charge in [-0.15, -0.1) is 0 Å². The Hall–Kier alpha value is -0.990. The predicted octanol–water partition coefficient (Wildman–Crippen LogP) is 3.88. The Kier molecular flexibility index (Phi) is 2.98. The van der Waals surface area contributed by atoms with Gasteiger partial charge in [-0.3, -0.25) is 0 Å². The van der Waals surface area contributed by atoms with Crippen LogP contribution >= 0.6 is 23.2 Å². The highest BCUT2D eigenvalue weighted by atomic mass is 35.5. The van der Waals surface area contributed by atoms with Crippen LogP contribution in [0.4, 0.5) is 0 Å². The standard InChI is InChI=1S/C11H9Cl2NO/c1-7-6-15-11(14-7)4-8-2-3-9(12)5-10(8)13/h2-3,5-6H,4H2,1H3. The molecule has 2 nitrogen and oxygen atoms in total. The van der Waals surface area contributed by atoms with E-state index in [-0.39, 0.29) is 0 Å². The van der Waals surface area contributed by atoms with Gasteiger partial charge in [-0.1, -0.05) is 29.3 Å². The van der Waals surface area contributed by atoms with E-state index in [2.05, 4.69) is 4.98 Å². The number of aryl methyl sites for hydroxylation is 1. The molecule has 0 amide bonds. The molecule has 0 bridgehead atoms. The molecule has 0 radical (unpaired) electrons. The predicted molar refractivity (Wildman–Crippen MR) is 60.5 cm³/mol. The fourth-order valence-electron chi connectivity index (χ4n) is 1.31. The fourth-order valence-corrected chi connectivity index (χ4v) is 1.79. The molecule has 0 N–H and O–H groups in total. The van der Waals surface area contributed by atoms with E-state index in [1.54, 1.807) is 18.4 Å². The number of aromatic nitrogens is 1. The molecule has 1 aromatic carbocycles. The van der Waals surface area contributed by atoms with Crippen LogP contribution in [-0.2, 0) is 6.42 Å². The van der Waals surface area contributed by atoms with Crippen LogP contribution in [0.3, 0.4) is 0 Å². The highest BCUT2D eigenvalue weighted by molar-refractivity contribution is 6.35. The Balaban J connectivity index is 2.24. The molecule has 2 rings (SSSR count). The first-order valence-electron chi connectivity index (χ1n) is 4.50. The van der Waals surface area contributed by atoms with Crippen molar-refractivity contribution in [3.63, 3.8) is 0 Å². The van der Waals surface area contributed by atoms with Gasteiger partial charge in [-0.25, -0.2) is 4.98 Å². The summed E-state index contributed by atoms with van der Waals surface area (Å²) in [5.41, 5.74) is 1.83. The van der Waals surface area contributed by atoms with Gasteiger partial charge in [0.15, 0.2) is 5.89 Å². The van der Waals surface area contributed by atoms with E-state index >= 15 is 0 Å². The monoisotopic (exact) mass is 241 g/mol. The summed E-state index contributed by atoms with van der Waals surface area (Å²) >= 11 is 11.8. The van der Waals surface area contributed by atoms with Gasteiger partial charge in [0.2, 0.25) is 0 Å². The second-order valence-electron chi connectivity index (χ2n) is 3.30. The number of oxazole rings is 1. The zero-order valence-corrected chi connectivity index (χ0v) is 9.64. The Morgan fingerprint density at radius 2 is 2.13 bits per heavy atom. The molecule has 0 saturated heterocycles. The first kappa shape index (κ1) is 10.5. The van der Waals surface area contributed by atoms with E-state index in [1.807, 2.05) is 13.0 Å². The Morgan fingerprint density at radius 1 is 1.33 bits per heavy atom. The van der Waals surface area contributed by atoms with Crippen molar-refractivity contribution in [2.24, 2.45) is 0 Å². The molecule has 0 aliphatic carbocycles. The van der Waals surface area contributed by atoms with Gasteiger partial charge in [-0.05, 0) is 24.6 Å². The summed E-state index contributed by atoms with van der Waals surface area (Å²) in [6.45, 7) is 1.89. The summed E-state index contributed by atoms with van der Waals surface area (Å²) in [5, 5.41) is 1.27. The maximum Gasteiger partial charge on any atom is 0.198 e. The van der Waals surface area contributed by atoms with E-state index < -0.39 is 0 Å². The Labute approximate surface area is 97.8 Å². The molecule has 0 aliphatic heterocycles. The minimum atomic E-state index is 0.587. The van der Waals surface area contributed by atoms with Crippen LogP contribution in [0.1, 0.15) is 17.1 Å². The zero-order chi connectivity index (χ0) is 10.8. The molecular formula is C11H9Cl2NO. The van der Waals surface area contributed by atoms with Crippen molar-refractivity contribution in [3.8, 4) is 0 Å². The molecule has 2 aromatic rings. The van der Waals surface area contributed by atoms with Crippen LogP contribution in [0.5, 0.6) is 0 Å². The maximum absolute atomic E-state index is 6.03. The van der Waals surface area contributed by atoms with Gasteiger partial charge < -0.3 is 4.42 Å². The number of benzene rings is 1. The average Bonchev–Trinajstić information content (AvgIpc) is 2.56. The molecule has 4 heteroatoms. The number of halogens is 2. The third-order valence-corrected chi connectivity index (χ3v) is 2.61. The molecule has 0 aliphatic rings. The first-order valence-corrected chi connectivity index (χ1v) is 5.25. The zero-order valence-electron chi connectivity index (χ0n) is 8.13. The van der Waals surface area contributed by atoms with E-state index in [1.165, 1.54) is 0 Å². The topological polar surface area (TPSA) is 26.0 Å². The highest BCUT2D eigenvalue weighted by Crippen LogP contribution is 2.23.